The standard InChI is InChI=1S/C17H25N3O2.HI/c1-18-17(19-11-6-5-9-16(21)22-2)20-12-10-14-7-3-4-8-15(14)13-20;/h3-4,7-8H,5-6,9-13H2,1-2H3,(H,18,19);1H. The first-order valence-corrected chi connectivity index (χ1v) is 7.83. The number of unbranched alkanes of at least 4 members (excludes halogenated alkanes) is 1. The number of rotatable bonds is 5. The Morgan fingerprint density at radius 2 is 2.04 bits per heavy atom. The summed E-state index contributed by atoms with van der Waals surface area (Å²) in [5.41, 5.74) is 2.81. The number of methoxy groups -OCH3 is 1. The molecule has 0 aliphatic carbocycles. The highest BCUT2D eigenvalue weighted by Gasteiger charge is 2.18. The quantitative estimate of drug-likeness (QED) is 0.256. The molecular weight excluding hydrogens is 405 g/mol. The van der Waals surface area contributed by atoms with E-state index in [0.29, 0.717) is 6.42 Å². The summed E-state index contributed by atoms with van der Waals surface area (Å²) in [7, 11) is 3.24. The van der Waals surface area contributed by atoms with Gasteiger partial charge in [0, 0.05) is 33.1 Å². The van der Waals surface area contributed by atoms with Crippen LogP contribution in [0.15, 0.2) is 29.3 Å². The normalized spacial score (nSPS) is 13.8. The molecule has 6 heteroatoms. The topological polar surface area (TPSA) is 53.9 Å². The molecule has 1 N–H and O–H groups in total. The summed E-state index contributed by atoms with van der Waals surface area (Å²) < 4.78 is 4.64. The molecule has 0 aromatic heterocycles. The van der Waals surface area contributed by atoms with Gasteiger partial charge in [0.15, 0.2) is 5.96 Å². The minimum Gasteiger partial charge on any atom is -0.469 e. The molecule has 23 heavy (non-hydrogen) atoms. The first kappa shape index (κ1) is 19.7. The number of carbonyl (C=O) groups excluding carboxylic acids is 1. The Labute approximate surface area is 155 Å². The number of guanidine groups is 1. The second kappa shape index (κ2) is 10.5. The van der Waals surface area contributed by atoms with Gasteiger partial charge in [-0.15, -0.1) is 24.0 Å². The highest BCUT2D eigenvalue weighted by molar-refractivity contribution is 14.0. The van der Waals surface area contributed by atoms with Crippen LogP contribution in [0.4, 0.5) is 0 Å². The Balaban J connectivity index is 0.00000264. The van der Waals surface area contributed by atoms with Crippen molar-refractivity contribution in [2.45, 2.75) is 32.2 Å². The molecule has 128 valence electrons. The first-order valence-electron chi connectivity index (χ1n) is 7.83. The SMILES string of the molecule is CN=C(NCCCCC(=O)OC)N1CCc2ccccc2C1.I. The van der Waals surface area contributed by atoms with Crippen LogP contribution in [0.3, 0.4) is 0 Å². The molecule has 0 unspecified atom stereocenters. The Morgan fingerprint density at radius 3 is 2.74 bits per heavy atom. The summed E-state index contributed by atoms with van der Waals surface area (Å²) >= 11 is 0. The third kappa shape index (κ3) is 6.01. The summed E-state index contributed by atoms with van der Waals surface area (Å²) in [6.07, 6.45) is 3.30. The van der Waals surface area contributed by atoms with Crippen molar-refractivity contribution < 1.29 is 9.53 Å². The number of carbonyl (C=O) groups is 1. The number of hydrogen-bond donors (Lipinski definition) is 1. The minimum absolute atomic E-state index is 0. The Kier molecular flexibility index (Phi) is 8.98. The molecule has 0 saturated carbocycles. The fourth-order valence-electron chi connectivity index (χ4n) is 2.71. The van der Waals surface area contributed by atoms with Crippen molar-refractivity contribution in [1.29, 1.82) is 0 Å². The van der Waals surface area contributed by atoms with Crippen LogP contribution in [0.25, 0.3) is 0 Å². The fourth-order valence-corrected chi connectivity index (χ4v) is 2.71. The lowest BCUT2D eigenvalue weighted by molar-refractivity contribution is -0.140. The number of esters is 1. The van der Waals surface area contributed by atoms with Gasteiger partial charge in [-0.25, -0.2) is 0 Å². The average molecular weight is 431 g/mol. The van der Waals surface area contributed by atoms with Crippen LogP contribution in [0.1, 0.15) is 30.4 Å². The summed E-state index contributed by atoms with van der Waals surface area (Å²) in [5, 5.41) is 3.39. The Hall–Kier alpha value is -1.31. The smallest absolute Gasteiger partial charge is 0.305 e. The number of ether oxygens (including phenoxy) is 1. The summed E-state index contributed by atoms with van der Waals surface area (Å²) in [6, 6.07) is 8.58. The number of hydrogen-bond acceptors (Lipinski definition) is 3. The summed E-state index contributed by atoms with van der Waals surface area (Å²) in [4.78, 5) is 17.7. The molecule has 0 atom stereocenters. The van der Waals surface area contributed by atoms with Crippen LogP contribution in [-0.2, 0) is 22.5 Å². The highest BCUT2D eigenvalue weighted by atomic mass is 127. The number of benzene rings is 1. The van der Waals surface area contributed by atoms with Gasteiger partial charge in [-0.3, -0.25) is 9.79 Å². The lowest BCUT2D eigenvalue weighted by Crippen LogP contribution is -2.44. The summed E-state index contributed by atoms with van der Waals surface area (Å²) in [6.45, 7) is 2.71. The van der Waals surface area contributed by atoms with E-state index in [0.717, 1.165) is 44.9 Å². The van der Waals surface area contributed by atoms with E-state index < -0.39 is 0 Å². The van der Waals surface area contributed by atoms with E-state index in [-0.39, 0.29) is 29.9 Å². The fraction of sp³-hybridized carbons (Fsp3) is 0.529. The second-order valence-corrected chi connectivity index (χ2v) is 5.45. The minimum atomic E-state index is -0.142. The van der Waals surface area contributed by atoms with E-state index in [1.54, 1.807) is 0 Å². The van der Waals surface area contributed by atoms with Crippen molar-refractivity contribution in [3.05, 3.63) is 35.4 Å². The maximum atomic E-state index is 11.1. The lowest BCUT2D eigenvalue weighted by atomic mass is 10.0. The molecule has 1 aromatic rings. The van der Waals surface area contributed by atoms with Crippen molar-refractivity contribution >= 4 is 35.9 Å². The second-order valence-electron chi connectivity index (χ2n) is 5.45. The molecular formula is C17H26IN3O2. The molecule has 0 bridgehead atoms. The van der Waals surface area contributed by atoms with Gasteiger partial charge in [-0.2, -0.15) is 0 Å². The maximum absolute atomic E-state index is 11.1. The summed E-state index contributed by atoms with van der Waals surface area (Å²) in [5.74, 6) is 0.796. The van der Waals surface area contributed by atoms with Crippen LogP contribution < -0.4 is 5.32 Å². The van der Waals surface area contributed by atoms with Crippen LogP contribution in [-0.4, -0.2) is 44.1 Å². The van der Waals surface area contributed by atoms with Gasteiger partial charge in [-0.05, 0) is 30.4 Å². The van der Waals surface area contributed by atoms with E-state index in [1.165, 1.54) is 18.2 Å². The van der Waals surface area contributed by atoms with Crippen LogP contribution >= 0.6 is 24.0 Å². The van der Waals surface area contributed by atoms with Gasteiger partial charge >= 0.3 is 5.97 Å². The zero-order valence-corrected chi connectivity index (χ0v) is 16.2. The van der Waals surface area contributed by atoms with Crippen molar-refractivity contribution in [3.63, 3.8) is 0 Å². The predicted octanol–water partition coefficient (Wildman–Crippen LogP) is 2.58. The number of nitrogens with zero attached hydrogens (tertiary/aromatic N) is 2. The van der Waals surface area contributed by atoms with Crippen LogP contribution in [0, 0.1) is 0 Å². The number of nitrogens with one attached hydrogen (secondary N) is 1. The molecule has 1 heterocycles. The molecule has 1 aliphatic rings. The van der Waals surface area contributed by atoms with E-state index in [2.05, 4.69) is 44.2 Å². The van der Waals surface area contributed by atoms with Gasteiger partial charge in [0.2, 0.25) is 0 Å². The van der Waals surface area contributed by atoms with E-state index in [9.17, 15) is 4.79 Å². The molecule has 0 radical (unpaired) electrons. The van der Waals surface area contributed by atoms with Gasteiger partial charge in [-0.1, -0.05) is 24.3 Å². The van der Waals surface area contributed by atoms with E-state index in [4.69, 9.17) is 0 Å². The Bertz CT molecular complexity index is 534. The molecule has 1 aliphatic heterocycles. The number of aliphatic imine (C=N–C) groups is 1. The molecule has 2 rings (SSSR count). The zero-order valence-electron chi connectivity index (χ0n) is 13.9. The van der Waals surface area contributed by atoms with Crippen molar-refractivity contribution in [2.75, 3.05) is 27.2 Å². The van der Waals surface area contributed by atoms with Crippen molar-refractivity contribution in [1.82, 2.24) is 10.2 Å². The van der Waals surface area contributed by atoms with E-state index >= 15 is 0 Å². The van der Waals surface area contributed by atoms with Gasteiger partial charge in [0.1, 0.15) is 0 Å². The molecule has 5 nitrogen and oxygen atoms in total. The van der Waals surface area contributed by atoms with Crippen molar-refractivity contribution in [3.8, 4) is 0 Å². The molecule has 0 fully saturated rings. The van der Waals surface area contributed by atoms with E-state index in [1.807, 2.05) is 7.05 Å². The van der Waals surface area contributed by atoms with Gasteiger partial charge < -0.3 is 15.0 Å². The maximum Gasteiger partial charge on any atom is 0.305 e. The average Bonchev–Trinajstić information content (AvgIpc) is 2.57. The third-order valence-corrected chi connectivity index (χ3v) is 3.96. The van der Waals surface area contributed by atoms with Crippen molar-refractivity contribution in [2.24, 2.45) is 4.99 Å². The van der Waals surface area contributed by atoms with Gasteiger partial charge in [0.25, 0.3) is 0 Å². The van der Waals surface area contributed by atoms with Crippen LogP contribution in [0.2, 0.25) is 0 Å². The first-order chi connectivity index (χ1) is 10.7. The Morgan fingerprint density at radius 1 is 1.30 bits per heavy atom. The highest BCUT2D eigenvalue weighted by Crippen LogP contribution is 2.18. The number of fused-ring (bicyclic) bond motifs is 1. The molecule has 0 spiro atoms. The molecule has 0 amide bonds. The predicted molar refractivity (Wildman–Crippen MR) is 103 cm³/mol. The van der Waals surface area contributed by atoms with Gasteiger partial charge in [0.05, 0.1) is 7.11 Å². The molecule has 0 saturated heterocycles. The third-order valence-electron chi connectivity index (χ3n) is 3.96. The molecule has 1 aromatic carbocycles. The monoisotopic (exact) mass is 431 g/mol. The number of halogens is 1. The largest absolute Gasteiger partial charge is 0.469 e. The lowest BCUT2D eigenvalue weighted by Gasteiger charge is -2.31. The zero-order chi connectivity index (χ0) is 15.8. The van der Waals surface area contributed by atoms with Crippen LogP contribution in [0.5, 0.6) is 0 Å².